The van der Waals surface area contributed by atoms with Gasteiger partial charge in [-0.1, -0.05) is 17.7 Å². The first kappa shape index (κ1) is 18.5. The second kappa shape index (κ2) is 7.17. The number of para-hydroxylation sites is 1. The van der Waals surface area contributed by atoms with Crippen molar-refractivity contribution >= 4 is 38.9 Å². The van der Waals surface area contributed by atoms with E-state index < -0.39 is 10.0 Å². The first-order chi connectivity index (χ1) is 12.3. The highest BCUT2D eigenvalue weighted by molar-refractivity contribution is 7.92. The lowest BCUT2D eigenvalue weighted by molar-refractivity contribution is -0.117. The largest absolute Gasteiger partial charge is 0.493 e. The minimum atomic E-state index is -3.84. The van der Waals surface area contributed by atoms with Crippen molar-refractivity contribution in [3.05, 3.63) is 47.0 Å². The van der Waals surface area contributed by atoms with Crippen LogP contribution in [0.2, 0.25) is 5.02 Å². The van der Waals surface area contributed by atoms with E-state index in [1.165, 1.54) is 13.2 Å². The Labute approximate surface area is 157 Å². The monoisotopic (exact) mass is 394 g/mol. The molecule has 3 rings (SSSR count). The van der Waals surface area contributed by atoms with Gasteiger partial charge in [0.1, 0.15) is 0 Å². The average Bonchev–Trinajstić information content (AvgIpc) is 3.00. The van der Waals surface area contributed by atoms with Gasteiger partial charge in [-0.25, -0.2) is 8.42 Å². The molecule has 1 fully saturated rings. The lowest BCUT2D eigenvalue weighted by atomic mass is 10.2. The van der Waals surface area contributed by atoms with Crippen molar-refractivity contribution < 1.29 is 17.9 Å². The summed E-state index contributed by atoms with van der Waals surface area (Å²) in [6.07, 6.45) is 1.34. The van der Waals surface area contributed by atoms with Crippen LogP contribution in [0.1, 0.15) is 18.4 Å². The number of nitrogens with zero attached hydrogens (tertiary/aromatic N) is 1. The van der Waals surface area contributed by atoms with Gasteiger partial charge in [-0.3, -0.25) is 9.52 Å². The van der Waals surface area contributed by atoms with Gasteiger partial charge in [0.25, 0.3) is 10.0 Å². The number of sulfonamides is 1. The molecule has 1 aliphatic heterocycles. The van der Waals surface area contributed by atoms with Crippen LogP contribution in [0.4, 0.5) is 11.4 Å². The average molecular weight is 395 g/mol. The predicted molar refractivity (Wildman–Crippen MR) is 102 cm³/mol. The van der Waals surface area contributed by atoms with E-state index in [2.05, 4.69) is 4.72 Å². The highest BCUT2D eigenvalue weighted by Crippen LogP contribution is 2.34. The third-order valence-electron chi connectivity index (χ3n) is 4.25. The smallest absolute Gasteiger partial charge is 0.262 e. The van der Waals surface area contributed by atoms with E-state index in [4.69, 9.17) is 16.3 Å². The zero-order chi connectivity index (χ0) is 18.9. The Morgan fingerprint density at radius 3 is 2.62 bits per heavy atom. The molecule has 0 saturated carbocycles. The van der Waals surface area contributed by atoms with Crippen molar-refractivity contribution in [2.75, 3.05) is 23.3 Å². The molecule has 0 bridgehead atoms. The Morgan fingerprint density at radius 2 is 2.00 bits per heavy atom. The van der Waals surface area contributed by atoms with Crippen molar-refractivity contribution in [1.29, 1.82) is 0 Å². The lowest BCUT2D eigenvalue weighted by Crippen LogP contribution is -2.24. The minimum absolute atomic E-state index is 0.0572. The molecule has 0 spiro atoms. The van der Waals surface area contributed by atoms with Gasteiger partial charge in [0.2, 0.25) is 5.91 Å². The van der Waals surface area contributed by atoms with Crippen LogP contribution in [0, 0.1) is 6.92 Å². The Bertz CT molecular complexity index is 960. The number of benzene rings is 2. The number of amides is 1. The van der Waals surface area contributed by atoms with Crippen molar-refractivity contribution in [3.63, 3.8) is 0 Å². The van der Waals surface area contributed by atoms with Gasteiger partial charge in [0, 0.05) is 18.7 Å². The highest BCUT2D eigenvalue weighted by Gasteiger charge is 2.24. The van der Waals surface area contributed by atoms with Crippen molar-refractivity contribution in [2.24, 2.45) is 0 Å². The number of rotatable bonds is 5. The molecule has 0 aromatic heterocycles. The van der Waals surface area contributed by atoms with Gasteiger partial charge in [0.15, 0.2) is 5.75 Å². The Kier molecular flexibility index (Phi) is 5.11. The molecule has 0 atom stereocenters. The SMILES string of the molecule is COc1c(Cl)cccc1NS(=O)(=O)c1ccc(N2CCCC2=O)cc1C. The molecule has 26 heavy (non-hydrogen) atoms. The number of ether oxygens (including phenoxy) is 1. The number of carbonyl (C=O) groups is 1. The molecule has 0 aliphatic carbocycles. The molecular formula is C18H19ClN2O4S. The summed E-state index contributed by atoms with van der Waals surface area (Å²) < 4.78 is 33.3. The van der Waals surface area contributed by atoms with Gasteiger partial charge in [-0.15, -0.1) is 0 Å². The molecule has 1 amide bonds. The number of methoxy groups -OCH3 is 1. The number of hydrogen-bond donors (Lipinski definition) is 1. The summed E-state index contributed by atoms with van der Waals surface area (Å²) in [5.41, 5.74) is 1.53. The maximum Gasteiger partial charge on any atom is 0.262 e. The summed E-state index contributed by atoms with van der Waals surface area (Å²) in [6, 6.07) is 9.71. The summed E-state index contributed by atoms with van der Waals surface area (Å²) in [7, 11) is -2.42. The molecular weight excluding hydrogens is 376 g/mol. The third kappa shape index (κ3) is 3.50. The standard InChI is InChI=1S/C18H19ClN2O4S/c1-12-11-13(21-10-4-7-17(21)22)8-9-16(12)26(23,24)20-15-6-3-5-14(19)18(15)25-2/h3,5-6,8-9,11,20H,4,7,10H2,1-2H3. The number of aryl methyl sites for hydroxylation is 1. The summed E-state index contributed by atoms with van der Waals surface area (Å²) in [5.74, 6) is 0.316. The molecule has 1 saturated heterocycles. The fraction of sp³-hybridized carbons (Fsp3) is 0.278. The Balaban J connectivity index is 1.93. The minimum Gasteiger partial charge on any atom is -0.493 e. The van der Waals surface area contributed by atoms with Crippen LogP contribution < -0.4 is 14.4 Å². The second-order valence-corrected chi connectivity index (χ2v) is 8.08. The molecule has 0 unspecified atom stereocenters. The summed E-state index contributed by atoms with van der Waals surface area (Å²) >= 11 is 6.05. The van der Waals surface area contributed by atoms with E-state index in [0.717, 1.165) is 6.42 Å². The predicted octanol–water partition coefficient (Wildman–Crippen LogP) is 3.58. The zero-order valence-corrected chi connectivity index (χ0v) is 16.0. The van der Waals surface area contributed by atoms with Crippen molar-refractivity contribution in [3.8, 4) is 5.75 Å². The summed E-state index contributed by atoms with van der Waals surface area (Å²) in [5, 5.41) is 0.312. The van der Waals surface area contributed by atoms with Crippen LogP contribution in [0.5, 0.6) is 5.75 Å². The van der Waals surface area contributed by atoms with Gasteiger partial charge < -0.3 is 9.64 Å². The fourth-order valence-corrected chi connectivity index (χ4v) is 4.56. The maximum atomic E-state index is 12.8. The third-order valence-corrected chi connectivity index (χ3v) is 6.07. The Hall–Kier alpha value is -2.25. The molecule has 6 nitrogen and oxygen atoms in total. The van der Waals surface area contributed by atoms with Crippen LogP contribution in [0.3, 0.4) is 0 Å². The maximum absolute atomic E-state index is 12.8. The van der Waals surface area contributed by atoms with Gasteiger partial charge in [-0.2, -0.15) is 0 Å². The topological polar surface area (TPSA) is 75.7 Å². The first-order valence-corrected chi connectivity index (χ1v) is 9.96. The lowest BCUT2D eigenvalue weighted by Gasteiger charge is -2.18. The molecule has 0 radical (unpaired) electrons. The van der Waals surface area contributed by atoms with Gasteiger partial charge in [-0.05, 0) is 49.2 Å². The number of carbonyl (C=O) groups excluding carboxylic acids is 1. The number of hydrogen-bond acceptors (Lipinski definition) is 4. The van der Waals surface area contributed by atoms with Gasteiger partial charge >= 0.3 is 0 Å². The van der Waals surface area contributed by atoms with E-state index >= 15 is 0 Å². The van der Waals surface area contributed by atoms with Gasteiger partial charge in [0.05, 0.1) is 22.7 Å². The normalized spacial score (nSPS) is 14.6. The highest BCUT2D eigenvalue weighted by atomic mass is 35.5. The quantitative estimate of drug-likeness (QED) is 0.840. The van der Waals surface area contributed by atoms with E-state index in [0.29, 0.717) is 29.2 Å². The Morgan fingerprint density at radius 1 is 1.23 bits per heavy atom. The van der Waals surface area contributed by atoms with Crippen LogP contribution in [0.15, 0.2) is 41.3 Å². The van der Waals surface area contributed by atoms with E-state index in [-0.39, 0.29) is 22.2 Å². The van der Waals surface area contributed by atoms with Crippen LogP contribution >= 0.6 is 11.6 Å². The zero-order valence-electron chi connectivity index (χ0n) is 14.5. The van der Waals surface area contributed by atoms with Crippen LogP contribution in [-0.4, -0.2) is 28.0 Å². The molecule has 138 valence electrons. The number of anilines is 2. The molecule has 2 aromatic rings. The van der Waals surface area contributed by atoms with Crippen molar-refractivity contribution in [2.45, 2.75) is 24.7 Å². The van der Waals surface area contributed by atoms with E-state index in [1.54, 1.807) is 42.2 Å². The van der Waals surface area contributed by atoms with Crippen molar-refractivity contribution in [1.82, 2.24) is 0 Å². The van der Waals surface area contributed by atoms with Crippen LogP contribution in [0.25, 0.3) is 0 Å². The number of nitrogens with one attached hydrogen (secondary N) is 1. The molecule has 1 N–H and O–H groups in total. The molecule has 8 heteroatoms. The number of halogens is 1. The summed E-state index contributed by atoms with van der Waals surface area (Å²) in [6.45, 7) is 2.36. The molecule has 1 aliphatic rings. The first-order valence-electron chi connectivity index (χ1n) is 8.10. The second-order valence-electron chi connectivity index (χ2n) is 6.02. The summed E-state index contributed by atoms with van der Waals surface area (Å²) in [4.78, 5) is 13.7. The van der Waals surface area contributed by atoms with E-state index in [1.807, 2.05) is 0 Å². The van der Waals surface area contributed by atoms with Crippen LogP contribution in [-0.2, 0) is 14.8 Å². The molecule has 2 aromatic carbocycles. The molecule has 1 heterocycles. The van der Waals surface area contributed by atoms with E-state index in [9.17, 15) is 13.2 Å². The fourth-order valence-electron chi connectivity index (χ4n) is 3.02.